The van der Waals surface area contributed by atoms with Crippen LogP contribution in [-0.4, -0.2) is 35.4 Å². The number of nitrogens with one attached hydrogen (secondary N) is 1. The van der Waals surface area contributed by atoms with Crippen molar-refractivity contribution in [3.05, 3.63) is 40.3 Å². The van der Waals surface area contributed by atoms with Gasteiger partial charge in [0.15, 0.2) is 16.7 Å². The zero-order chi connectivity index (χ0) is 18.0. The molecule has 3 rings (SSSR count). The Labute approximate surface area is 149 Å². The lowest BCUT2D eigenvalue weighted by molar-refractivity contribution is -0.116. The standard InChI is InChI=1S/C17H19N3O4S/c1-10-8-18-17-20(16(10)22)12(9-25-17)7-15(21)19-11-4-5-13(23-2)14(6-11)24-3/h4-6,8,12H,7,9H2,1-3H3,(H,19,21). The Hall–Kier alpha value is -2.48. The molecule has 2 heterocycles. The Balaban J connectivity index is 1.73. The smallest absolute Gasteiger partial charge is 0.257 e. The van der Waals surface area contributed by atoms with Crippen LogP contribution in [-0.2, 0) is 4.79 Å². The number of benzene rings is 1. The summed E-state index contributed by atoms with van der Waals surface area (Å²) in [4.78, 5) is 29.0. The molecule has 8 heteroatoms. The number of aromatic nitrogens is 2. The molecule has 1 aliphatic heterocycles. The Morgan fingerprint density at radius 2 is 2.12 bits per heavy atom. The average Bonchev–Trinajstić information content (AvgIpc) is 3.01. The van der Waals surface area contributed by atoms with Gasteiger partial charge in [0, 0.05) is 35.7 Å². The Kier molecular flexibility index (Phi) is 4.98. The van der Waals surface area contributed by atoms with Crippen molar-refractivity contribution in [2.45, 2.75) is 24.5 Å². The van der Waals surface area contributed by atoms with Crippen LogP contribution in [0.4, 0.5) is 5.69 Å². The minimum absolute atomic E-state index is 0.0843. The van der Waals surface area contributed by atoms with Gasteiger partial charge in [-0.2, -0.15) is 0 Å². The summed E-state index contributed by atoms with van der Waals surface area (Å²) in [7, 11) is 3.09. The summed E-state index contributed by atoms with van der Waals surface area (Å²) < 4.78 is 12.0. The molecule has 25 heavy (non-hydrogen) atoms. The lowest BCUT2D eigenvalue weighted by Gasteiger charge is -2.14. The molecule has 1 amide bonds. The van der Waals surface area contributed by atoms with Gasteiger partial charge in [0.2, 0.25) is 5.91 Å². The van der Waals surface area contributed by atoms with Crippen LogP contribution in [0.2, 0.25) is 0 Å². The van der Waals surface area contributed by atoms with E-state index in [-0.39, 0.29) is 23.9 Å². The maximum absolute atomic E-state index is 12.4. The fraction of sp³-hybridized carbons (Fsp3) is 0.353. The largest absolute Gasteiger partial charge is 0.493 e. The first-order valence-electron chi connectivity index (χ1n) is 7.76. The molecular formula is C17H19N3O4S. The maximum atomic E-state index is 12.4. The second-order valence-electron chi connectivity index (χ2n) is 5.69. The highest BCUT2D eigenvalue weighted by Crippen LogP contribution is 2.33. The van der Waals surface area contributed by atoms with E-state index in [1.807, 2.05) is 0 Å². The molecule has 0 saturated carbocycles. The van der Waals surface area contributed by atoms with Crippen molar-refractivity contribution in [3.8, 4) is 11.5 Å². The van der Waals surface area contributed by atoms with Crippen molar-refractivity contribution in [1.82, 2.24) is 9.55 Å². The molecule has 1 N–H and O–H groups in total. The molecule has 1 aliphatic rings. The molecule has 7 nitrogen and oxygen atoms in total. The first-order chi connectivity index (χ1) is 12.0. The number of carbonyl (C=O) groups excluding carboxylic acids is 1. The molecule has 2 aromatic rings. The van der Waals surface area contributed by atoms with Crippen LogP contribution in [0.1, 0.15) is 18.0 Å². The van der Waals surface area contributed by atoms with Gasteiger partial charge < -0.3 is 14.8 Å². The minimum atomic E-state index is -0.194. The van der Waals surface area contributed by atoms with Crippen molar-refractivity contribution in [2.75, 3.05) is 25.3 Å². The third-order valence-electron chi connectivity index (χ3n) is 3.99. The van der Waals surface area contributed by atoms with Crippen molar-refractivity contribution >= 4 is 23.4 Å². The predicted octanol–water partition coefficient (Wildman–Crippen LogP) is 2.24. The number of hydrogen-bond acceptors (Lipinski definition) is 6. The van der Waals surface area contributed by atoms with Gasteiger partial charge in [-0.3, -0.25) is 14.2 Å². The van der Waals surface area contributed by atoms with E-state index in [0.717, 1.165) is 0 Å². The summed E-state index contributed by atoms with van der Waals surface area (Å²) in [6.07, 6.45) is 1.78. The maximum Gasteiger partial charge on any atom is 0.257 e. The highest BCUT2D eigenvalue weighted by Gasteiger charge is 2.27. The van der Waals surface area contributed by atoms with Gasteiger partial charge in [0.25, 0.3) is 5.56 Å². The lowest BCUT2D eigenvalue weighted by Crippen LogP contribution is -2.28. The SMILES string of the molecule is COc1ccc(NC(=O)CC2CSc3ncc(C)c(=O)n32)cc1OC. The van der Waals surface area contributed by atoms with Crippen LogP contribution in [0.3, 0.4) is 0 Å². The second kappa shape index (κ2) is 7.18. The summed E-state index contributed by atoms with van der Waals surface area (Å²) in [6.45, 7) is 1.73. The summed E-state index contributed by atoms with van der Waals surface area (Å²) in [6, 6.07) is 4.98. The lowest BCUT2D eigenvalue weighted by atomic mass is 10.2. The van der Waals surface area contributed by atoms with Crippen LogP contribution in [0, 0.1) is 6.92 Å². The highest BCUT2D eigenvalue weighted by atomic mass is 32.2. The molecule has 0 bridgehead atoms. The van der Waals surface area contributed by atoms with Crippen LogP contribution >= 0.6 is 11.8 Å². The molecular weight excluding hydrogens is 342 g/mol. The molecule has 1 aromatic carbocycles. The number of fused-ring (bicyclic) bond motifs is 1. The van der Waals surface area contributed by atoms with E-state index in [4.69, 9.17) is 9.47 Å². The fourth-order valence-corrected chi connectivity index (χ4v) is 3.82. The van der Waals surface area contributed by atoms with Gasteiger partial charge in [-0.15, -0.1) is 0 Å². The number of ether oxygens (including phenoxy) is 2. The quantitative estimate of drug-likeness (QED) is 0.823. The van der Waals surface area contributed by atoms with Crippen molar-refractivity contribution in [2.24, 2.45) is 0 Å². The van der Waals surface area contributed by atoms with E-state index in [0.29, 0.717) is 33.7 Å². The Morgan fingerprint density at radius 3 is 2.84 bits per heavy atom. The minimum Gasteiger partial charge on any atom is -0.493 e. The molecule has 0 fully saturated rings. The van der Waals surface area contributed by atoms with Gasteiger partial charge in [-0.05, 0) is 19.1 Å². The topological polar surface area (TPSA) is 82.5 Å². The van der Waals surface area contributed by atoms with Crippen molar-refractivity contribution in [1.29, 1.82) is 0 Å². The second-order valence-corrected chi connectivity index (χ2v) is 6.67. The third-order valence-corrected chi connectivity index (χ3v) is 5.10. The van der Waals surface area contributed by atoms with Gasteiger partial charge >= 0.3 is 0 Å². The highest BCUT2D eigenvalue weighted by molar-refractivity contribution is 7.99. The van der Waals surface area contributed by atoms with Gasteiger partial charge in [-0.25, -0.2) is 4.98 Å². The number of amides is 1. The normalized spacial score (nSPS) is 15.6. The summed E-state index contributed by atoms with van der Waals surface area (Å²) in [5, 5.41) is 3.51. The number of carbonyl (C=O) groups is 1. The van der Waals surface area contributed by atoms with Gasteiger partial charge in [0.05, 0.1) is 20.3 Å². The van der Waals surface area contributed by atoms with Gasteiger partial charge in [0.1, 0.15) is 0 Å². The average molecular weight is 361 g/mol. The van der Waals surface area contributed by atoms with Crippen molar-refractivity contribution < 1.29 is 14.3 Å². The summed E-state index contributed by atoms with van der Waals surface area (Å²) in [5.41, 5.74) is 1.11. The monoisotopic (exact) mass is 361 g/mol. The van der Waals surface area contributed by atoms with E-state index in [2.05, 4.69) is 10.3 Å². The fourth-order valence-electron chi connectivity index (χ4n) is 2.71. The summed E-state index contributed by atoms with van der Waals surface area (Å²) in [5.74, 6) is 1.62. The number of nitrogens with zero attached hydrogens (tertiary/aromatic N) is 2. The zero-order valence-electron chi connectivity index (χ0n) is 14.2. The van der Waals surface area contributed by atoms with E-state index in [1.54, 1.807) is 43.0 Å². The molecule has 1 unspecified atom stereocenters. The molecule has 0 spiro atoms. The molecule has 1 atom stereocenters. The Morgan fingerprint density at radius 1 is 1.36 bits per heavy atom. The number of rotatable bonds is 5. The molecule has 0 aliphatic carbocycles. The number of methoxy groups -OCH3 is 2. The van der Waals surface area contributed by atoms with Crippen LogP contribution in [0.15, 0.2) is 34.3 Å². The van der Waals surface area contributed by atoms with Gasteiger partial charge in [-0.1, -0.05) is 11.8 Å². The third kappa shape index (κ3) is 3.48. The number of thioether (sulfide) groups is 1. The predicted molar refractivity (Wildman–Crippen MR) is 95.8 cm³/mol. The first-order valence-corrected chi connectivity index (χ1v) is 8.75. The summed E-state index contributed by atoms with van der Waals surface area (Å²) >= 11 is 1.49. The van der Waals surface area contributed by atoms with Crippen molar-refractivity contribution in [3.63, 3.8) is 0 Å². The van der Waals surface area contributed by atoms with E-state index >= 15 is 0 Å². The molecule has 1 aromatic heterocycles. The van der Waals surface area contributed by atoms with Crippen LogP contribution in [0.25, 0.3) is 0 Å². The van der Waals surface area contributed by atoms with Crippen LogP contribution < -0.4 is 20.3 Å². The van der Waals surface area contributed by atoms with E-state index in [9.17, 15) is 9.59 Å². The number of hydrogen-bond donors (Lipinski definition) is 1. The number of anilines is 1. The Bertz CT molecular complexity index is 865. The zero-order valence-corrected chi connectivity index (χ0v) is 15.1. The molecule has 132 valence electrons. The van der Waals surface area contributed by atoms with E-state index in [1.165, 1.54) is 18.9 Å². The molecule has 0 saturated heterocycles. The van der Waals surface area contributed by atoms with Crippen LogP contribution in [0.5, 0.6) is 11.5 Å². The number of aryl methyl sites for hydroxylation is 1. The van der Waals surface area contributed by atoms with E-state index < -0.39 is 0 Å². The molecule has 0 radical (unpaired) electrons. The first kappa shape index (κ1) is 17.3.